The topological polar surface area (TPSA) is 96.9 Å². The molecule has 0 saturated carbocycles. The molecule has 7 heteroatoms. The fourth-order valence-electron chi connectivity index (χ4n) is 3.54. The van der Waals surface area contributed by atoms with Crippen molar-refractivity contribution in [2.24, 2.45) is 0 Å². The van der Waals surface area contributed by atoms with Crippen molar-refractivity contribution in [3.63, 3.8) is 0 Å². The molecule has 0 saturated heterocycles. The number of anilines is 1. The second-order valence-corrected chi connectivity index (χ2v) is 8.35. The van der Waals surface area contributed by atoms with E-state index in [0.717, 1.165) is 36.8 Å². The molecule has 2 aromatic carbocycles. The molecule has 7 nitrogen and oxygen atoms in total. The van der Waals surface area contributed by atoms with Crippen LogP contribution >= 0.6 is 0 Å². The van der Waals surface area contributed by atoms with Gasteiger partial charge in [0.05, 0.1) is 13.7 Å². The number of aliphatic carboxylic acids is 1. The minimum atomic E-state index is -1.14. The number of amides is 2. The van der Waals surface area contributed by atoms with Crippen LogP contribution in [0.5, 0.6) is 5.75 Å². The fraction of sp³-hybridized carbons (Fsp3) is 0.429. The van der Waals surface area contributed by atoms with E-state index >= 15 is 0 Å². The number of carbonyl (C=O) groups excluding carboxylic acids is 1. The minimum absolute atomic E-state index is 0.153. The molecule has 2 amide bonds. The molecule has 0 aliphatic heterocycles. The van der Waals surface area contributed by atoms with Gasteiger partial charge < -0.3 is 25.2 Å². The lowest BCUT2D eigenvalue weighted by molar-refractivity contribution is -0.135. The summed E-state index contributed by atoms with van der Waals surface area (Å²) in [5.41, 5.74) is 3.08. The Labute approximate surface area is 208 Å². The highest BCUT2D eigenvalue weighted by atomic mass is 16.5. The molecule has 0 aliphatic carbocycles. The van der Waals surface area contributed by atoms with Crippen LogP contribution in [0.1, 0.15) is 64.4 Å². The van der Waals surface area contributed by atoms with Crippen molar-refractivity contribution in [3.05, 3.63) is 53.8 Å². The molecular formula is C28H38N2O5. The summed E-state index contributed by atoms with van der Waals surface area (Å²) in [5.74, 6) is -0.649. The van der Waals surface area contributed by atoms with E-state index in [9.17, 15) is 14.7 Å². The first-order chi connectivity index (χ1) is 17.0. The number of ether oxygens (including phenoxy) is 2. The van der Waals surface area contributed by atoms with Crippen molar-refractivity contribution in [3.8, 4) is 16.9 Å². The maximum atomic E-state index is 12.3. The molecule has 0 bridgehead atoms. The molecule has 0 aliphatic rings. The highest BCUT2D eigenvalue weighted by Crippen LogP contribution is 2.33. The highest BCUT2D eigenvalue weighted by Gasteiger charge is 2.12. The summed E-state index contributed by atoms with van der Waals surface area (Å²) in [6.45, 7) is 5.47. The number of carboxylic acid groups (broad SMARTS) is 1. The smallest absolute Gasteiger partial charge is 0.371 e. The predicted molar refractivity (Wildman–Crippen MR) is 141 cm³/mol. The van der Waals surface area contributed by atoms with E-state index in [1.165, 1.54) is 32.4 Å². The summed E-state index contributed by atoms with van der Waals surface area (Å²) in [6, 6.07) is 12.9. The Morgan fingerprint density at radius 1 is 0.971 bits per heavy atom. The Balaban J connectivity index is 2.17. The van der Waals surface area contributed by atoms with Crippen molar-refractivity contribution in [1.29, 1.82) is 0 Å². The van der Waals surface area contributed by atoms with E-state index in [2.05, 4.69) is 24.5 Å². The summed E-state index contributed by atoms with van der Waals surface area (Å²) in [6.07, 6.45) is 9.07. The first kappa shape index (κ1) is 27.8. The maximum absolute atomic E-state index is 12.3. The van der Waals surface area contributed by atoms with Crippen LogP contribution in [0.15, 0.2) is 48.2 Å². The molecule has 0 heterocycles. The molecule has 2 aromatic rings. The average Bonchev–Trinajstić information content (AvgIpc) is 2.85. The van der Waals surface area contributed by atoms with Crippen molar-refractivity contribution >= 4 is 23.8 Å². The van der Waals surface area contributed by atoms with Crippen LogP contribution in [0.2, 0.25) is 0 Å². The minimum Gasteiger partial charge on any atom is -0.493 e. The Hall–Kier alpha value is -3.48. The van der Waals surface area contributed by atoms with Gasteiger partial charge in [0.25, 0.3) is 0 Å². The van der Waals surface area contributed by atoms with Crippen LogP contribution in [0.3, 0.4) is 0 Å². The first-order valence-corrected chi connectivity index (χ1v) is 12.4. The van der Waals surface area contributed by atoms with Gasteiger partial charge in [-0.05, 0) is 48.2 Å². The third-order valence-corrected chi connectivity index (χ3v) is 5.49. The first-order valence-electron chi connectivity index (χ1n) is 12.4. The Morgan fingerprint density at radius 2 is 1.74 bits per heavy atom. The Bertz CT molecular complexity index is 987. The highest BCUT2D eigenvalue weighted by molar-refractivity contribution is 5.91. The third-order valence-electron chi connectivity index (χ3n) is 5.49. The zero-order valence-corrected chi connectivity index (χ0v) is 21.1. The van der Waals surface area contributed by atoms with Crippen LogP contribution in [0.4, 0.5) is 10.5 Å². The van der Waals surface area contributed by atoms with E-state index in [4.69, 9.17) is 9.47 Å². The van der Waals surface area contributed by atoms with Gasteiger partial charge in [-0.2, -0.15) is 0 Å². The Kier molecular flexibility index (Phi) is 12.2. The van der Waals surface area contributed by atoms with Gasteiger partial charge in [0, 0.05) is 17.8 Å². The number of methoxy groups -OCH3 is 1. The van der Waals surface area contributed by atoms with Gasteiger partial charge in [0.1, 0.15) is 5.75 Å². The zero-order chi connectivity index (χ0) is 25.5. The van der Waals surface area contributed by atoms with Gasteiger partial charge in [-0.3, -0.25) is 0 Å². The van der Waals surface area contributed by atoms with Crippen molar-refractivity contribution < 1.29 is 24.2 Å². The summed E-state index contributed by atoms with van der Waals surface area (Å²) >= 11 is 0. The number of carboxylic acids is 1. The van der Waals surface area contributed by atoms with E-state index in [0.29, 0.717) is 30.2 Å². The zero-order valence-electron chi connectivity index (χ0n) is 21.1. The second-order valence-electron chi connectivity index (χ2n) is 8.35. The SMILES string of the molecule is CCCCCCCNC(=O)Nc1cccc(-c2ccc(C=C(OC)C(=O)O)cc2OCCCC)c1. The maximum Gasteiger partial charge on any atom is 0.371 e. The largest absolute Gasteiger partial charge is 0.493 e. The summed E-state index contributed by atoms with van der Waals surface area (Å²) in [5, 5.41) is 15.1. The lowest BCUT2D eigenvalue weighted by Gasteiger charge is -2.14. The van der Waals surface area contributed by atoms with Crippen LogP contribution in [-0.4, -0.2) is 37.4 Å². The number of hydrogen-bond donors (Lipinski definition) is 3. The van der Waals surface area contributed by atoms with Crippen LogP contribution in [-0.2, 0) is 9.53 Å². The standard InChI is InChI=1S/C28H38N2O5/c1-4-6-8-9-10-16-29-28(33)30-23-13-11-12-22(20-23)24-15-14-21(19-26(34-3)27(31)32)18-25(24)35-17-7-5-2/h11-15,18-20H,4-10,16-17H2,1-3H3,(H,31,32)(H2,29,30,33). The molecule has 3 N–H and O–H groups in total. The van der Waals surface area contributed by atoms with Crippen LogP contribution in [0.25, 0.3) is 17.2 Å². The van der Waals surface area contributed by atoms with Crippen LogP contribution < -0.4 is 15.4 Å². The lowest BCUT2D eigenvalue weighted by Crippen LogP contribution is -2.29. The van der Waals surface area contributed by atoms with Gasteiger partial charge in [-0.15, -0.1) is 0 Å². The molecule has 2 rings (SSSR count). The van der Waals surface area contributed by atoms with Gasteiger partial charge in [-0.1, -0.05) is 70.2 Å². The predicted octanol–water partition coefficient (Wildman–Crippen LogP) is 6.70. The monoisotopic (exact) mass is 482 g/mol. The normalized spacial score (nSPS) is 11.1. The second kappa shape index (κ2) is 15.4. The lowest BCUT2D eigenvalue weighted by atomic mass is 10.0. The number of hydrogen-bond acceptors (Lipinski definition) is 4. The van der Waals surface area contributed by atoms with E-state index in [1.54, 1.807) is 6.07 Å². The Morgan fingerprint density at radius 3 is 2.46 bits per heavy atom. The van der Waals surface area contributed by atoms with E-state index in [-0.39, 0.29) is 11.8 Å². The number of urea groups is 1. The molecule has 0 aromatic heterocycles. The molecule has 0 radical (unpaired) electrons. The summed E-state index contributed by atoms with van der Waals surface area (Å²) < 4.78 is 11.0. The van der Waals surface area contributed by atoms with Gasteiger partial charge in [0.2, 0.25) is 5.76 Å². The molecular weight excluding hydrogens is 444 g/mol. The number of rotatable bonds is 15. The average molecular weight is 483 g/mol. The number of nitrogens with one attached hydrogen (secondary N) is 2. The quantitative estimate of drug-likeness (QED) is 0.149. The van der Waals surface area contributed by atoms with Gasteiger partial charge in [-0.25, -0.2) is 9.59 Å². The molecule has 0 unspecified atom stereocenters. The van der Waals surface area contributed by atoms with Crippen molar-refractivity contribution in [1.82, 2.24) is 5.32 Å². The van der Waals surface area contributed by atoms with Crippen molar-refractivity contribution in [2.45, 2.75) is 58.8 Å². The van der Waals surface area contributed by atoms with E-state index in [1.807, 2.05) is 36.4 Å². The van der Waals surface area contributed by atoms with Gasteiger partial charge in [0.15, 0.2) is 0 Å². The molecule has 0 spiro atoms. The van der Waals surface area contributed by atoms with E-state index < -0.39 is 5.97 Å². The molecule has 0 atom stereocenters. The number of benzene rings is 2. The third kappa shape index (κ3) is 9.73. The number of carbonyl (C=O) groups is 2. The molecule has 35 heavy (non-hydrogen) atoms. The summed E-state index contributed by atoms with van der Waals surface area (Å²) in [4.78, 5) is 23.6. The molecule has 190 valence electrons. The number of unbranched alkanes of at least 4 members (excludes halogenated alkanes) is 5. The molecule has 0 fully saturated rings. The van der Waals surface area contributed by atoms with Gasteiger partial charge >= 0.3 is 12.0 Å². The summed E-state index contributed by atoms with van der Waals surface area (Å²) in [7, 11) is 1.33. The van der Waals surface area contributed by atoms with Crippen LogP contribution in [0, 0.1) is 0 Å². The van der Waals surface area contributed by atoms with Crippen molar-refractivity contribution in [2.75, 3.05) is 25.6 Å². The fourth-order valence-corrected chi connectivity index (χ4v) is 3.54.